The van der Waals surface area contributed by atoms with E-state index in [1.165, 1.54) is 0 Å². The van der Waals surface area contributed by atoms with Gasteiger partial charge in [-0.3, -0.25) is 9.59 Å². The summed E-state index contributed by atoms with van der Waals surface area (Å²) in [6.07, 6.45) is 6.11. The van der Waals surface area contributed by atoms with Crippen LogP contribution < -0.4 is 0 Å². The quantitative estimate of drug-likeness (QED) is 0.761. The van der Waals surface area contributed by atoms with Gasteiger partial charge in [-0.15, -0.1) is 0 Å². The molecule has 0 aromatic carbocycles. The number of likely N-dealkylation sites (tertiary alicyclic amines) is 2. The minimum atomic E-state index is -0.151. The summed E-state index contributed by atoms with van der Waals surface area (Å²) >= 11 is 0. The van der Waals surface area contributed by atoms with E-state index in [0.717, 1.165) is 64.1 Å². The smallest absolute Gasteiger partial charge is 0.245 e. The molecule has 0 bridgehead atoms. The fourth-order valence-corrected chi connectivity index (χ4v) is 3.29. The van der Waals surface area contributed by atoms with E-state index in [1.54, 1.807) is 0 Å². The predicted molar refractivity (Wildman–Crippen MR) is 72.4 cm³/mol. The van der Waals surface area contributed by atoms with Crippen LogP contribution in [0, 0.1) is 11.8 Å². The Balaban J connectivity index is 1.63. The molecule has 0 N–H and O–H groups in total. The monoisotopic (exact) mass is 264 g/mol. The van der Waals surface area contributed by atoms with Gasteiger partial charge < -0.3 is 9.80 Å². The van der Waals surface area contributed by atoms with Crippen LogP contribution in [-0.4, -0.2) is 47.3 Å². The van der Waals surface area contributed by atoms with Gasteiger partial charge in [0.25, 0.3) is 0 Å². The molecule has 2 saturated heterocycles. The molecule has 0 unspecified atom stereocenters. The second kappa shape index (κ2) is 5.14. The molecule has 4 nitrogen and oxygen atoms in total. The second-order valence-corrected chi connectivity index (χ2v) is 6.47. The molecule has 19 heavy (non-hydrogen) atoms. The number of carbonyl (C=O) groups is 2. The van der Waals surface area contributed by atoms with Gasteiger partial charge in [-0.25, -0.2) is 0 Å². The number of piperidine rings is 1. The van der Waals surface area contributed by atoms with E-state index >= 15 is 0 Å². The Morgan fingerprint density at radius 3 is 2.21 bits per heavy atom. The van der Waals surface area contributed by atoms with Crippen molar-refractivity contribution in [2.45, 2.75) is 51.5 Å². The molecular formula is C15H24N2O2. The van der Waals surface area contributed by atoms with Crippen molar-refractivity contribution in [3.05, 3.63) is 0 Å². The lowest BCUT2D eigenvalue weighted by molar-refractivity contribution is -0.145. The normalized spacial score (nSPS) is 28.8. The first-order chi connectivity index (χ1) is 9.16. The Morgan fingerprint density at radius 2 is 1.58 bits per heavy atom. The maximum atomic E-state index is 12.6. The third-order valence-electron chi connectivity index (χ3n) is 4.84. The van der Waals surface area contributed by atoms with E-state index in [2.05, 4.69) is 6.92 Å². The lowest BCUT2D eigenvalue weighted by Crippen LogP contribution is -2.50. The average molecular weight is 264 g/mol. The highest BCUT2D eigenvalue weighted by molar-refractivity contribution is 5.90. The maximum Gasteiger partial charge on any atom is 0.245 e. The summed E-state index contributed by atoms with van der Waals surface area (Å²) in [7, 11) is 0. The van der Waals surface area contributed by atoms with E-state index in [9.17, 15) is 9.59 Å². The zero-order valence-corrected chi connectivity index (χ0v) is 11.8. The summed E-state index contributed by atoms with van der Waals surface area (Å²) in [6, 6.07) is -0.151. The summed E-state index contributed by atoms with van der Waals surface area (Å²) in [5, 5.41) is 0. The van der Waals surface area contributed by atoms with Crippen molar-refractivity contribution in [2.24, 2.45) is 11.8 Å². The summed E-state index contributed by atoms with van der Waals surface area (Å²) in [6.45, 7) is 4.79. The van der Waals surface area contributed by atoms with Crippen molar-refractivity contribution in [1.82, 2.24) is 9.80 Å². The van der Waals surface area contributed by atoms with Crippen molar-refractivity contribution in [3.63, 3.8) is 0 Å². The molecule has 1 atom stereocenters. The van der Waals surface area contributed by atoms with Gasteiger partial charge in [0.15, 0.2) is 0 Å². The van der Waals surface area contributed by atoms with Crippen LogP contribution in [-0.2, 0) is 9.59 Å². The minimum absolute atomic E-state index is 0.151. The van der Waals surface area contributed by atoms with Gasteiger partial charge in [0.1, 0.15) is 6.04 Å². The largest absolute Gasteiger partial charge is 0.341 e. The Hall–Kier alpha value is -1.06. The van der Waals surface area contributed by atoms with Crippen LogP contribution in [0.2, 0.25) is 0 Å². The van der Waals surface area contributed by atoms with Gasteiger partial charge in [-0.1, -0.05) is 6.92 Å². The predicted octanol–water partition coefficient (Wildman–Crippen LogP) is 1.65. The highest BCUT2D eigenvalue weighted by Crippen LogP contribution is 2.34. The van der Waals surface area contributed by atoms with Gasteiger partial charge in [0.05, 0.1) is 0 Å². The first-order valence-electron chi connectivity index (χ1n) is 7.76. The van der Waals surface area contributed by atoms with Crippen LogP contribution in [0.15, 0.2) is 0 Å². The zero-order valence-electron chi connectivity index (χ0n) is 11.8. The summed E-state index contributed by atoms with van der Waals surface area (Å²) in [5.41, 5.74) is 0. The van der Waals surface area contributed by atoms with E-state index in [0.29, 0.717) is 0 Å². The number of amides is 2. The molecule has 3 aliphatic rings. The Bertz CT molecular complexity index is 370. The Labute approximate surface area is 115 Å². The lowest BCUT2D eigenvalue weighted by Gasteiger charge is -2.34. The molecule has 3 rings (SSSR count). The molecule has 2 heterocycles. The average Bonchev–Trinajstić information content (AvgIpc) is 3.15. The molecule has 0 aromatic rings. The van der Waals surface area contributed by atoms with E-state index < -0.39 is 0 Å². The van der Waals surface area contributed by atoms with Crippen molar-refractivity contribution < 1.29 is 9.59 Å². The summed E-state index contributed by atoms with van der Waals surface area (Å²) in [4.78, 5) is 28.7. The van der Waals surface area contributed by atoms with E-state index in [-0.39, 0.29) is 23.8 Å². The number of rotatable bonds is 2. The highest BCUT2D eigenvalue weighted by Gasteiger charge is 2.42. The van der Waals surface area contributed by atoms with Crippen LogP contribution in [0.5, 0.6) is 0 Å². The third kappa shape index (κ3) is 2.63. The molecule has 0 spiro atoms. The van der Waals surface area contributed by atoms with Gasteiger partial charge in [-0.05, 0) is 44.4 Å². The molecular weight excluding hydrogens is 240 g/mol. The van der Waals surface area contributed by atoms with Crippen LogP contribution in [0.4, 0.5) is 0 Å². The standard InChI is InChI=1S/C15H24N2O2/c1-11-6-9-16(10-7-11)15(19)13-3-2-8-17(13)14(18)12-4-5-12/h11-13H,2-10H2,1H3/t13-/m0/s1. The van der Waals surface area contributed by atoms with Crippen LogP contribution in [0.3, 0.4) is 0 Å². The zero-order chi connectivity index (χ0) is 13.4. The van der Waals surface area contributed by atoms with Crippen molar-refractivity contribution in [2.75, 3.05) is 19.6 Å². The molecule has 0 radical (unpaired) electrons. The van der Waals surface area contributed by atoms with Crippen LogP contribution >= 0.6 is 0 Å². The number of carbonyl (C=O) groups excluding carboxylic acids is 2. The van der Waals surface area contributed by atoms with Crippen molar-refractivity contribution in [3.8, 4) is 0 Å². The fraction of sp³-hybridized carbons (Fsp3) is 0.867. The maximum absolute atomic E-state index is 12.6. The number of hydrogen-bond acceptors (Lipinski definition) is 2. The summed E-state index contributed by atoms with van der Waals surface area (Å²) < 4.78 is 0. The van der Waals surface area contributed by atoms with Gasteiger partial charge >= 0.3 is 0 Å². The van der Waals surface area contributed by atoms with Gasteiger partial charge in [0.2, 0.25) is 11.8 Å². The number of nitrogens with zero attached hydrogens (tertiary/aromatic N) is 2. The molecule has 2 amide bonds. The van der Waals surface area contributed by atoms with Crippen LogP contribution in [0.1, 0.15) is 45.4 Å². The molecule has 2 aliphatic heterocycles. The second-order valence-electron chi connectivity index (χ2n) is 6.47. The Morgan fingerprint density at radius 1 is 0.895 bits per heavy atom. The molecule has 0 aromatic heterocycles. The Kier molecular flexibility index (Phi) is 3.50. The van der Waals surface area contributed by atoms with Crippen molar-refractivity contribution >= 4 is 11.8 Å². The molecule has 3 fully saturated rings. The van der Waals surface area contributed by atoms with E-state index in [4.69, 9.17) is 0 Å². The van der Waals surface area contributed by atoms with Gasteiger partial charge in [-0.2, -0.15) is 0 Å². The number of hydrogen-bond donors (Lipinski definition) is 0. The minimum Gasteiger partial charge on any atom is -0.341 e. The summed E-state index contributed by atoms with van der Waals surface area (Å²) in [5.74, 6) is 1.41. The van der Waals surface area contributed by atoms with Crippen LogP contribution in [0.25, 0.3) is 0 Å². The first-order valence-corrected chi connectivity index (χ1v) is 7.76. The topological polar surface area (TPSA) is 40.6 Å². The van der Waals surface area contributed by atoms with E-state index in [1.807, 2.05) is 9.80 Å². The lowest BCUT2D eigenvalue weighted by atomic mass is 9.98. The molecule has 1 saturated carbocycles. The third-order valence-corrected chi connectivity index (χ3v) is 4.84. The van der Waals surface area contributed by atoms with Crippen molar-refractivity contribution in [1.29, 1.82) is 0 Å². The first kappa shape index (κ1) is 12.9. The van der Waals surface area contributed by atoms with Gasteiger partial charge in [0, 0.05) is 25.6 Å². The molecule has 1 aliphatic carbocycles. The SMILES string of the molecule is CC1CCN(C(=O)[C@@H]2CCCN2C(=O)C2CC2)CC1. The molecule has 106 valence electrons. The fourth-order valence-electron chi connectivity index (χ4n) is 3.29. The molecule has 4 heteroatoms. The highest BCUT2D eigenvalue weighted by atomic mass is 16.2.